The van der Waals surface area contributed by atoms with E-state index in [1.54, 1.807) is 0 Å². The zero-order valence-corrected chi connectivity index (χ0v) is 12.7. The molecule has 116 valence electrons. The molecular formula is C14H27N3O3. The van der Waals surface area contributed by atoms with E-state index >= 15 is 0 Å². The average molecular weight is 285 g/mol. The summed E-state index contributed by atoms with van der Waals surface area (Å²) in [7, 11) is 0. The average Bonchev–Trinajstić information content (AvgIpc) is 2.28. The molecule has 2 amide bonds. The first-order chi connectivity index (χ1) is 9.26. The van der Waals surface area contributed by atoms with E-state index in [1.165, 1.54) is 0 Å². The Morgan fingerprint density at radius 3 is 2.20 bits per heavy atom. The molecule has 1 rings (SSSR count). The Morgan fingerprint density at radius 2 is 1.70 bits per heavy atom. The number of alkyl carbamates (subject to hydrolysis) is 1. The second-order valence-electron chi connectivity index (χ2n) is 6.37. The van der Waals surface area contributed by atoms with Gasteiger partial charge in [-0.05, 0) is 46.5 Å². The Hall–Kier alpha value is -1.30. The molecule has 20 heavy (non-hydrogen) atoms. The predicted octanol–water partition coefficient (Wildman–Crippen LogP) is 1.29. The first-order valence-corrected chi connectivity index (χ1v) is 7.27. The van der Waals surface area contributed by atoms with Gasteiger partial charge in [0, 0.05) is 25.0 Å². The molecule has 0 aromatic heterocycles. The standard InChI is InChI=1S/C14H27N3O3/c1-14(2,3)20-13(19)17-11-6-4-10(5-7-11)16-9-8-12(15)18/h10-11,16H,4-9H2,1-3H3,(H2,15,18)(H,17,19). The third-order valence-corrected chi connectivity index (χ3v) is 3.25. The van der Waals surface area contributed by atoms with E-state index in [0.717, 1.165) is 25.7 Å². The van der Waals surface area contributed by atoms with Crippen LogP contribution in [0.25, 0.3) is 0 Å². The van der Waals surface area contributed by atoms with Crippen LogP contribution in [0.4, 0.5) is 4.79 Å². The predicted molar refractivity (Wildman–Crippen MR) is 77.2 cm³/mol. The number of carbonyl (C=O) groups is 2. The molecule has 0 saturated heterocycles. The van der Waals surface area contributed by atoms with Gasteiger partial charge >= 0.3 is 6.09 Å². The maximum absolute atomic E-state index is 11.7. The second kappa shape index (κ2) is 7.47. The van der Waals surface area contributed by atoms with Crippen molar-refractivity contribution in [3.05, 3.63) is 0 Å². The minimum atomic E-state index is -0.461. The Morgan fingerprint density at radius 1 is 1.15 bits per heavy atom. The summed E-state index contributed by atoms with van der Waals surface area (Å²) in [5, 5.41) is 6.23. The lowest BCUT2D eigenvalue weighted by atomic mass is 9.91. The number of primary amides is 1. The van der Waals surface area contributed by atoms with E-state index in [0.29, 0.717) is 19.0 Å². The summed E-state index contributed by atoms with van der Waals surface area (Å²) < 4.78 is 5.24. The second-order valence-corrected chi connectivity index (χ2v) is 6.37. The molecule has 0 bridgehead atoms. The highest BCUT2D eigenvalue weighted by Gasteiger charge is 2.24. The summed E-state index contributed by atoms with van der Waals surface area (Å²) in [5.74, 6) is -0.280. The molecule has 0 radical (unpaired) electrons. The van der Waals surface area contributed by atoms with Crippen molar-refractivity contribution in [1.82, 2.24) is 10.6 Å². The van der Waals surface area contributed by atoms with Gasteiger partial charge in [0.15, 0.2) is 0 Å². The summed E-state index contributed by atoms with van der Waals surface area (Å²) in [4.78, 5) is 22.3. The van der Waals surface area contributed by atoms with E-state index in [2.05, 4.69) is 10.6 Å². The van der Waals surface area contributed by atoms with Gasteiger partial charge in [0.2, 0.25) is 5.91 Å². The van der Waals surface area contributed by atoms with Crippen LogP contribution in [0.2, 0.25) is 0 Å². The van der Waals surface area contributed by atoms with Crippen molar-refractivity contribution in [3.63, 3.8) is 0 Å². The molecule has 6 nitrogen and oxygen atoms in total. The highest BCUT2D eigenvalue weighted by molar-refractivity contribution is 5.73. The molecule has 1 fully saturated rings. The van der Waals surface area contributed by atoms with Gasteiger partial charge in [-0.15, -0.1) is 0 Å². The van der Waals surface area contributed by atoms with Crippen LogP contribution in [0.5, 0.6) is 0 Å². The van der Waals surface area contributed by atoms with E-state index in [9.17, 15) is 9.59 Å². The number of ether oxygens (including phenoxy) is 1. The van der Waals surface area contributed by atoms with Gasteiger partial charge in [0.05, 0.1) is 0 Å². The quantitative estimate of drug-likeness (QED) is 0.709. The first kappa shape index (κ1) is 16.8. The van der Waals surface area contributed by atoms with Crippen LogP contribution in [-0.4, -0.2) is 36.2 Å². The van der Waals surface area contributed by atoms with Crippen LogP contribution in [0.3, 0.4) is 0 Å². The summed E-state index contributed by atoms with van der Waals surface area (Å²) in [6, 6.07) is 0.588. The number of rotatable bonds is 5. The summed E-state index contributed by atoms with van der Waals surface area (Å²) in [6.45, 7) is 6.19. The third kappa shape index (κ3) is 7.33. The Balaban J connectivity index is 2.18. The molecular weight excluding hydrogens is 258 g/mol. The van der Waals surface area contributed by atoms with Crippen LogP contribution in [0.15, 0.2) is 0 Å². The Kier molecular flexibility index (Phi) is 6.26. The highest BCUT2D eigenvalue weighted by Crippen LogP contribution is 2.19. The monoisotopic (exact) mass is 285 g/mol. The number of carbonyl (C=O) groups excluding carboxylic acids is 2. The molecule has 0 aliphatic heterocycles. The molecule has 0 heterocycles. The van der Waals surface area contributed by atoms with Crippen molar-refractivity contribution < 1.29 is 14.3 Å². The van der Waals surface area contributed by atoms with E-state index < -0.39 is 5.60 Å². The Bertz CT molecular complexity index is 331. The molecule has 0 aromatic carbocycles. The highest BCUT2D eigenvalue weighted by atomic mass is 16.6. The number of hydrogen-bond acceptors (Lipinski definition) is 4. The van der Waals surface area contributed by atoms with Gasteiger partial charge < -0.3 is 21.1 Å². The lowest BCUT2D eigenvalue weighted by molar-refractivity contribution is -0.117. The van der Waals surface area contributed by atoms with Gasteiger partial charge in [-0.3, -0.25) is 4.79 Å². The zero-order chi connectivity index (χ0) is 15.2. The number of hydrogen-bond donors (Lipinski definition) is 3. The topological polar surface area (TPSA) is 93.4 Å². The fraction of sp³-hybridized carbons (Fsp3) is 0.857. The van der Waals surface area contributed by atoms with Gasteiger partial charge in [0.1, 0.15) is 5.60 Å². The minimum Gasteiger partial charge on any atom is -0.444 e. The number of nitrogens with two attached hydrogens (primary N) is 1. The van der Waals surface area contributed by atoms with Gasteiger partial charge in [-0.25, -0.2) is 4.79 Å². The fourth-order valence-electron chi connectivity index (χ4n) is 2.32. The van der Waals surface area contributed by atoms with Crippen molar-refractivity contribution in [1.29, 1.82) is 0 Å². The number of amides is 2. The lowest BCUT2D eigenvalue weighted by Gasteiger charge is -2.30. The summed E-state index contributed by atoms with van der Waals surface area (Å²) in [5.41, 5.74) is 4.63. The lowest BCUT2D eigenvalue weighted by Crippen LogP contribution is -2.44. The molecule has 0 atom stereocenters. The van der Waals surface area contributed by atoms with Crippen LogP contribution in [-0.2, 0) is 9.53 Å². The minimum absolute atomic E-state index is 0.180. The maximum Gasteiger partial charge on any atom is 0.407 e. The maximum atomic E-state index is 11.7. The third-order valence-electron chi connectivity index (χ3n) is 3.25. The van der Waals surface area contributed by atoms with Crippen LogP contribution in [0, 0.1) is 0 Å². The van der Waals surface area contributed by atoms with Crippen LogP contribution >= 0.6 is 0 Å². The van der Waals surface area contributed by atoms with Gasteiger partial charge in [-0.2, -0.15) is 0 Å². The van der Waals surface area contributed by atoms with E-state index in [1.807, 2.05) is 20.8 Å². The van der Waals surface area contributed by atoms with Crippen molar-refractivity contribution in [2.75, 3.05) is 6.54 Å². The zero-order valence-electron chi connectivity index (χ0n) is 12.7. The van der Waals surface area contributed by atoms with E-state index in [-0.39, 0.29) is 18.0 Å². The molecule has 1 aliphatic rings. The van der Waals surface area contributed by atoms with Crippen molar-refractivity contribution in [2.45, 2.75) is 70.6 Å². The smallest absolute Gasteiger partial charge is 0.407 e. The van der Waals surface area contributed by atoms with E-state index in [4.69, 9.17) is 10.5 Å². The number of nitrogens with one attached hydrogen (secondary N) is 2. The molecule has 4 N–H and O–H groups in total. The largest absolute Gasteiger partial charge is 0.444 e. The fourth-order valence-corrected chi connectivity index (χ4v) is 2.32. The van der Waals surface area contributed by atoms with Crippen LogP contribution < -0.4 is 16.4 Å². The van der Waals surface area contributed by atoms with Gasteiger partial charge in [-0.1, -0.05) is 0 Å². The SMILES string of the molecule is CC(C)(C)OC(=O)NC1CCC(NCCC(N)=O)CC1. The van der Waals surface area contributed by atoms with Crippen molar-refractivity contribution >= 4 is 12.0 Å². The Labute approximate surface area is 120 Å². The van der Waals surface area contributed by atoms with Gasteiger partial charge in [0.25, 0.3) is 0 Å². The first-order valence-electron chi connectivity index (χ1n) is 7.27. The van der Waals surface area contributed by atoms with Crippen molar-refractivity contribution in [3.8, 4) is 0 Å². The molecule has 6 heteroatoms. The molecule has 0 aromatic rings. The molecule has 0 spiro atoms. The molecule has 0 unspecified atom stereocenters. The normalized spacial score (nSPS) is 23.1. The van der Waals surface area contributed by atoms with Crippen LogP contribution in [0.1, 0.15) is 52.9 Å². The molecule has 1 saturated carbocycles. The summed E-state index contributed by atoms with van der Waals surface area (Å²) in [6.07, 6.45) is 3.85. The van der Waals surface area contributed by atoms with Crippen molar-refractivity contribution in [2.24, 2.45) is 5.73 Å². The summed E-state index contributed by atoms with van der Waals surface area (Å²) >= 11 is 0. The molecule has 1 aliphatic carbocycles.